The van der Waals surface area contributed by atoms with Gasteiger partial charge in [0.2, 0.25) is 5.88 Å². The largest absolute Gasteiger partial charge is 0.492 e. The minimum absolute atomic E-state index is 0.0685. The predicted molar refractivity (Wildman–Crippen MR) is 48.4 cm³/mol. The lowest BCUT2D eigenvalue weighted by atomic mass is 10.00. The normalized spacial score (nSPS) is 10.8. The van der Waals surface area contributed by atoms with Crippen molar-refractivity contribution in [1.82, 2.24) is 4.73 Å². The number of hydrogen-bond acceptors (Lipinski definition) is 3. The van der Waals surface area contributed by atoms with Gasteiger partial charge < -0.3 is 10.3 Å². The van der Waals surface area contributed by atoms with Gasteiger partial charge in [0.05, 0.1) is 0 Å². The monoisotopic (exact) mass is 183 g/mol. The van der Waals surface area contributed by atoms with E-state index in [1.807, 2.05) is 13.8 Å². The lowest BCUT2D eigenvalue weighted by Gasteiger charge is -2.12. The summed E-state index contributed by atoms with van der Waals surface area (Å²) in [5, 5.41) is 18.6. The van der Waals surface area contributed by atoms with Gasteiger partial charge in [-0.15, -0.1) is 4.73 Å². The molecule has 0 saturated heterocycles. The van der Waals surface area contributed by atoms with E-state index in [2.05, 4.69) is 0 Å². The van der Waals surface area contributed by atoms with Gasteiger partial charge in [0.25, 0.3) is 5.56 Å². The molecular formula is C9H13NO3. The number of nitrogens with zero attached hydrogens (tertiary/aromatic N) is 1. The van der Waals surface area contributed by atoms with Crippen LogP contribution < -0.4 is 5.56 Å². The lowest BCUT2D eigenvalue weighted by molar-refractivity contribution is 0.141. The van der Waals surface area contributed by atoms with Gasteiger partial charge in [-0.1, -0.05) is 13.8 Å². The molecule has 0 aromatic carbocycles. The fourth-order valence-electron chi connectivity index (χ4n) is 1.43. The number of aryl methyl sites for hydroxylation is 1. The standard InChI is InChI=1S/C9H13NO3/c1-5(2)8-6(3)4-7(11)10(13)9(8)12/h4-5,12-13H,1-3H3. The van der Waals surface area contributed by atoms with Crippen LogP contribution in [0.2, 0.25) is 0 Å². The first kappa shape index (κ1) is 9.64. The summed E-state index contributed by atoms with van der Waals surface area (Å²) in [4.78, 5) is 11.0. The quantitative estimate of drug-likeness (QED) is 0.643. The van der Waals surface area contributed by atoms with Crippen molar-refractivity contribution in [3.63, 3.8) is 0 Å². The maximum Gasteiger partial charge on any atom is 0.286 e. The molecule has 1 aromatic rings. The molecule has 0 aliphatic heterocycles. The van der Waals surface area contributed by atoms with E-state index in [1.165, 1.54) is 6.07 Å². The van der Waals surface area contributed by atoms with E-state index in [4.69, 9.17) is 5.21 Å². The summed E-state index contributed by atoms with van der Waals surface area (Å²) in [7, 11) is 0. The van der Waals surface area contributed by atoms with Crippen molar-refractivity contribution in [3.05, 3.63) is 27.5 Å². The van der Waals surface area contributed by atoms with Crippen LogP contribution in [0.1, 0.15) is 30.9 Å². The van der Waals surface area contributed by atoms with E-state index in [0.717, 1.165) is 0 Å². The Morgan fingerprint density at radius 2 is 2.00 bits per heavy atom. The van der Waals surface area contributed by atoms with E-state index in [0.29, 0.717) is 11.1 Å². The van der Waals surface area contributed by atoms with Crippen LogP contribution >= 0.6 is 0 Å². The van der Waals surface area contributed by atoms with Gasteiger partial charge in [0, 0.05) is 11.6 Å². The molecule has 0 fully saturated rings. The number of rotatable bonds is 1. The Labute approximate surface area is 76.0 Å². The zero-order valence-electron chi connectivity index (χ0n) is 7.90. The molecule has 13 heavy (non-hydrogen) atoms. The average molecular weight is 183 g/mol. The molecule has 1 heterocycles. The third-order valence-corrected chi connectivity index (χ3v) is 1.99. The molecule has 0 unspecified atom stereocenters. The Hall–Kier alpha value is -1.45. The SMILES string of the molecule is Cc1cc(=O)n(O)c(O)c1C(C)C. The molecule has 0 atom stereocenters. The minimum atomic E-state index is -0.612. The zero-order valence-corrected chi connectivity index (χ0v) is 7.90. The summed E-state index contributed by atoms with van der Waals surface area (Å²) in [6, 6.07) is 1.30. The van der Waals surface area contributed by atoms with Crippen molar-refractivity contribution in [2.75, 3.05) is 0 Å². The molecule has 4 nitrogen and oxygen atoms in total. The van der Waals surface area contributed by atoms with Gasteiger partial charge in [-0.05, 0) is 18.4 Å². The summed E-state index contributed by atoms with van der Waals surface area (Å²) >= 11 is 0. The van der Waals surface area contributed by atoms with E-state index in [-0.39, 0.29) is 16.5 Å². The van der Waals surface area contributed by atoms with Crippen molar-refractivity contribution >= 4 is 0 Å². The summed E-state index contributed by atoms with van der Waals surface area (Å²) in [6.07, 6.45) is 0. The van der Waals surface area contributed by atoms with E-state index in [9.17, 15) is 9.90 Å². The second kappa shape index (κ2) is 3.12. The van der Waals surface area contributed by atoms with Crippen molar-refractivity contribution in [2.24, 2.45) is 0 Å². The van der Waals surface area contributed by atoms with Crippen LogP contribution in [0.5, 0.6) is 5.88 Å². The molecular weight excluding hydrogens is 170 g/mol. The highest BCUT2D eigenvalue weighted by atomic mass is 16.5. The van der Waals surface area contributed by atoms with E-state index < -0.39 is 5.56 Å². The second-order valence-corrected chi connectivity index (χ2v) is 3.37. The number of aromatic hydroxyl groups is 1. The smallest absolute Gasteiger partial charge is 0.286 e. The van der Waals surface area contributed by atoms with Crippen molar-refractivity contribution in [2.45, 2.75) is 26.7 Å². The van der Waals surface area contributed by atoms with Crippen LogP contribution in [0.3, 0.4) is 0 Å². The first-order valence-corrected chi connectivity index (χ1v) is 4.10. The molecule has 0 radical (unpaired) electrons. The van der Waals surface area contributed by atoms with Gasteiger partial charge in [-0.3, -0.25) is 4.79 Å². The molecule has 0 bridgehead atoms. The molecule has 0 aliphatic carbocycles. The van der Waals surface area contributed by atoms with Crippen molar-refractivity contribution in [3.8, 4) is 5.88 Å². The fraction of sp³-hybridized carbons (Fsp3) is 0.444. The van der Waals surface area contributed by atoms with Crippen LogP contribution in [0.15, 0.2) is 10.9 Å². The Bertz CT molecular complexity index is 379. The second-order valence-electron chi connectivity index (χ2n) is 3.37. The zero-order chi connectivity index (χ0) is 10.2. The molecule has 4 heteroatoms. The third kappa shape index (κ3) is 1.52. The fourth-order valence-corrected chi connectivity index (χ4v) is 1.43. The van der Waals surface area contributed by atoms with Crippen molar-refractivity contribution in [1.29, 1.82) is 0 Å². The summed E-state index contributed by atoms with van der Waals surface area (Å²) < 4.78 is 0.266. The maximum atomic E-state index is 11.0. The molecule has 0 aliphatic rings. The maximum absolute atomic E-state index is 11.0. The summed E-state index contributed by atoms with van der Waals surface area (Å²) in [5.41, 5.74) is 0.685. The molecule has 2 N–H and O–H groups in total. The Morgan fingerprint density at radius 3 is 2.46 bits per heavy atom. The van der Waals surface area contributed by atoms with E-state index >= 15 is 0 Å². The molecule has 0 spiro atoms. The highest BCUT2D eigenvalue weighted by Crippen LogP contribution is 2.25. The Kier molecular flexibility index (Phi) is 2.32. The lowest BCUT2D eigenvalue weighted by Crippen LogP contribution is -2.19. The first-order valence-electron chi connectivity index (χ1n) is 4.10. The Balaban J connectivity index is 3.53. The van der Waals surface area contributed by atoms with Crippen LogP contribution in [0, 0.1) is 6.92 Å². The molecule has 72 valence electrons. The molecule has 0 amide bonds. The number of hydrogen-bond donors (Lipinski definition) is 2. The van der Waals surface area contributed by atoms with Crippen LogP contribution in [-0.4, -0.2) is 15.0 Å². The Morgan fingerprint density at radius 1 is 1.46 bits per heavy atom. The van der Waals surface area contributed by atoms with Gasteiger partial charge in [0.15, 0.2) is 0 Å². The average Bonchev–Trinajstić information content (AvgIpc) is 1.99. The molecule has 0 saturated carbocycles. The molecule has 1 aromatic heterocycles. The predicted octanol–water partition coefficient (Wildman–Crippen LogP) is 1.22. The first-order chi connectivity index (χ1) is 5.95. The van der Waals surface area contributed by atoms with Crippen LogP contribution in [0.4, 0.5) is 0 Å². The number of pyridine rings is 1. The van der Waals surface area contributed by atoms with Crippen LogP contribution in [0.25, 0.3) is 0 Å². The van der Waals surface area contributed by atoms with E-state index in [1.54, 1.807) is 6.92 Å². The van der Waals surface area contributed by atoms with Gasteiger partial charge in [-0.2, -0.15) is 0 Å². The minimum Gasteiger partial charge on any atom is -0.492 e. The third-order valence-electron chi connectivity index (χ3n) is 1.99. The summed E-state index contributed by atoms with van der Waals surface area (Å²) in [6.45, 7) is 5.50. The summed E-state index contributed by atoms with van der Waals surface area (Å²) in [5.74, 6) is -0.293. The number of aromatic nitrogens is 1. The van der Waals surface area contributed by atoms with Crippen molar-refractivity contribution < 1.29 is 10.3 Å². The van der Waals surface area contributed by atoms with Gasteiger partial charge >= 0.3 is 0 Å². The van der Waals surface area contributed by atoms with Gasteiger partial charge in [0.1, 0.15) is 0 Å². The highest BCUT2D eigenvalue weighted by Gasteiger charge is 2.14. The van der Waals surface area contributed by atoms with Gasteiger partial charge in [-0.25, -0.2) is 0 Å². The molecule has 1 rings (SSSR count). The highest BCUT2D eigenvalue weighted by molar-refractivity contribution is 5.35. The van der Waals surface area contributed by atoms with Crippen LogP contribution in [-0.2, 0) is 0 Å². The topological polar surface area (TPSA) is 62.5 Å².